The molecule has 1 heterocycles. The molecule has 24 heavy (non-hydrogen) atoms. The van der Waals surface area contributed by atoms with Crippen molar-refractivity contribution in [2.24, 2.45) is 0 Å². The Balaban J connectivity index is 1.75. The molecule has 1 fully saturated rings. The summed E-state index contributed by atoms with van der Waals surface area (Å²) in [5, 5.41) is 13.1. The van der Waals surface area contributed by atoms with E-state index in [9.17, 15) is 4.79 Å². The highest BCUT2D eigenvalue weighted by atomic mass is 32.2. The lowest BCUT2D eigenvalue weighted by Crippen LogP contribution is -2.15. The summed E-state index contributed by atoms with van der Waals surface area (Å²) in [5.41, 5.74) is 1.67. The van der Waals surface area contributed by atoms with Crippen molar-refractivity contribution in [3.63, 3.8) is 0 Å². The first-order valence-corrected chi connectivity index (χ1v) is 9.26. The fourth-order valence-electron chi connectivity index (χ4n) is 3.09. The monoisotopic (exact) mass is 346 g/mol. The molecule has 3 rings (SSSR count). The molecule has 128 valence electrons. The number of hydrogen-bond donors (Lipinski definition) is 0. The van der Waals surface area contributed by atoms with E-state index in [2.05, 4.69) is 15.5 Å². The van der Waals surface area contributed by atoms with Crippen LogP contribution in [0.5, 0.6) is 5.75 Å². The first-order valence-electron chi connectivity index (χ1n) is 8.27. The number of hydrogen-bond acceptors (Lipinski definition) is 6. The Morgan fingerprint density at radius 3 is 2.83 bits per heavy atom. The number of nitrogens with zero attached hydrogens (tertiary/aromatic N) is 4. The smallest absolute Gasteiger partial charge is 0.209 e. The molecule has 0 aliphatic heterocycles. The van der Waals surface area contributed by atoms with E-state index >= 15 is 0 Å². The van der Waals surface area contributed by atoms with Gasteiger partial charge in [-0.05, 0) is 48.4 Å². The van der Waals surface area contributed by atoms with Gasteiger partial charge in [0.05, 0.1) is 13.2 Å². The normalized spacial score (nSPS) is 15.4. The second kappa shape index (κ2) is 7.79. The standard InChI is InChI=1S/C17H22N4O2S/c1-12(22)13-8-9-16(23-2)14(10-13)11-24-17-18-19-20-21(17)15-6-4-3-5-7-15/h8-10,15H,3-7,11H2,1-2H3. The van der Waals surface area contributed by atoms with Crippen LogP contribution in [0.15, 0.2) is 23.4 Å². The minimum atomic E-state index is 0.0518. The first kappa shape index (κ1) is 17.0. The van der Waals surface area contributed by atoms with Crippen molar-refractivity contribution < 1.29 is 9.53 Å². The van der Waals surface area contributed by atoms with Gasteiger partial charge in [0.25, 0.3) is 0 Å². The second-order valence-electron chi connectivity index (χ2n) is 6.07. The molecule has 2 aromatic rings. The van der Waals surface area contributed by atoms with Gasteiger partial charge in [0, 0.05) is 16.9 Å². The molecule has 0 N–H and O–H groups in total. The highest BCUT2D eigenvalue weighted by Gasteiger charge is 2.20. The zero-order chi connectivity index (χ0) is 16.9. The molecule has 1 saturated carbocycles. The SMILES string of the molecule is COc1ccc(C(C)=O)cc1CSc1nnnn1C1CCCCC1. The van der Waals surface area contributed by atoms with Crippen LogP contribution in [0.3, 0.4) is 0 Å². The summed E-state index contributed by atoms with van der Waals surface area (Å²) < 4.78 is 7.38. The number of ether oxygens (including phenoxy) is 1. The van der Waals surface area contributed by atoms with Crippen molar-refractivity contribution in [1.29, 1.82) is 0 Å². The minimum Gasteiger partial charge on any atom is -0.496 e. The maximum Gasteiger partial charge on any atom is 0.209 e. The minimum absolute atomic E-state index is 0.0518. The van der Waals surface area contributed by atoms with Crippen LogP contribution in [0.1, 0.15) is 61.0 Å². The molecule has 0 atom stereocenters. The predicted octanol–water partition coefficient (Wildman–Crippen LogP) is 3.68. The lowest BCUT2D eigenvalue weighted by Gasteiger charge is -2.22. The summed E-state index contributed by atoms with van der Waals surface area (Å²) in [6.07, 6.45) is 6.06. The third-order valence-electron chi connectivity index (χ3n) is 4.43. The molecular formula is C17H22N4O2S. The number of tetrazole rings is 1. The Kier molecular flexibility index (Phi) is 5.50. The lowest BCUT2D eigenvalue weighted by molar-refractivity contribution is 0.101. The van der Waals surface area contributed by atoms with E-state index in [4.69, 9.17) is 4.74 Å². The molecule has 0 amide bonds. The van der Waals surface area contributed by atoms with E-state index in [1.54, 1.807) is 31.9 Å². The average molecular weight is 346 g/mol. The van der Waals surface area contributed by atoms with Crippen molar-refractivity contribution in [2.45, 2.75) is 56.0 Å². The van der Waals surface area contributed by atoms with Gasteiger partial charge in [-0.1, -0.05) is 31.0 Å². The van der Waals surface area contributed by atoms with E-state index in [1.807, 2.05) is 16.8 Å². The number of carbonyl (C=O) groups is 1. The fraction of sp³-hybridized carbons (Fsp3) is 0.529. The van der Waals surface area contributed by atoms with Crippen molar-refractivity contribution in [3.8, 4) is 5.75 Å². The zero-order valence-corrected chi connectivity index (χ0v) is 14.9. The van der Waals surface area contributed by atoms with E-state index in [1.165, 1.54) is 19.3 Å². The van der Waals surface area contributed by atoms with Crippen molar-refractivity contribution >= 4 is 17.5 Å². The van der Waals surface area contributed by atoms with E-state index in [0.29, 0.717) is 17.4 Å². The van der Waals surface area contributed by atoms with Crippen molar-refractivity contribution in [1.82, 2.24) is 20.2 Å². The molecule has 6 nitrogen and oxygen atoms in total. The number of methoxy groups -OCH3 is 1. The number of benzene rings is 1. The fourth-order valence-corrected chi connectivity index (χ4v) is 4.01. The molecule has 7 heteroatoms. The summed E-state index contributed by atoms with van der Waals surface area (Å²) in [7, 11) is 1.64. The Morgan fingerprint density at radius 1 is 1.33 bits per heavy atom. The van der Waals surface area contributed by atoms with Gasteiger partial charge in [0.1, 0.15) is 5.75 Å². The largest absolute Gasteiger partial charge is 0.496 e. The third-order valence-corrected chi connectivity index (χ3v) is 5.41. The third kappa shape index (κ3) is 3.77. The van der Waals surface area contributed by atoms with Gasteiger partial charge in [0.15, 0.2) is 5.78 Å². The Hall–Kier alpha value is -1.89. The number of Topliss-reactive ketones (excluding diaryl/α,β-unsaturated/α-hetero) is 1. The Bertz CT molecular complexity index is 710. The lowest BCUT2D eigenvalue weighted by atomic mass is 9.96. The number of thioether (sulfide) groups is 1. The molecule has 0 bridgehead atoms. The zero-order valence-electron chi connectivity index (χ0n) is 14.1. The average Bonchev–Trinajstić information content (AvgIpc) is 3.09. The van der Waals surface area contributed by atoms with Gasteiger partial charge in [-0.25, -0.2) is 4.68 Å². The van der Waals surface area contributed by atoms with E-state index in [-0.39, 0.29) is 5.78 Å². The van der Waals surface area contributed by atoms with Crippen LogP contribution in [0.2, 0.25) is 0 Å². The predicted molar refractivity (Wildman–Crippen MR) is 92.5 cm³/mol. The van der Waals surface area contributed by atoms with Gasteiger partial charge >= 0.3 is 0 Å². The molecule has 1 aliphatic carbocycles. The van der Waals surface area contributed by atoms with Crippen LogP contribution in [-0.2, 0) is 5.75 Å². The van der Waals surface area contributed by atoms with Gasteiger partial charge in [-0.2, -0.15) is 0 Å². The van der Waals surface area contributed by atoms with Crippen LogP contribution in [0.4, 0.5) is 0 Å². The van der Waals surface area contributed by atoms with Gasteiger partial charge in [0.2, 0.25) is 5.16 Å². The Labute approximate surface area is 146 Å². The topological polar surface area (TPSA) is 69.9 Å². The van der Waals surface area contributed by atoms with Crippen molar-refractivity contribution in [3.05, 3.63) is 29.3 Å². The van der Waals surface area contributed by atoms with Crippen LogP contribution >= 0.6 is 11.8 Å². The molecule has 1 aliphatic rings. The second-order valence-corrected chi connectivity index (χ2v) is 7.01. The van der Waals surface area contributed by atoms with E-state index < -0.39 is 0 Å². The quantitative estimate of drug-likeness (QED) is 0.587. The van der Waals surface area contributed by atoms with Gasteiger partial charge in [-0.3, -0.25) is 4.79 Å². The summed E-state index contributed by atoms with van der Waals surface area (Å²) in [5.74, 6) is 1.50. The van der Waals surface area contributed by atoms with Crippen LogP contribution in [0, 0.1) is 0 Å². The highest BCUT2D eigenvalue weighted by Crippen LogP contribution is 2.32. The summed E-state index contributed by atoms with van der Waals surface area (Å²) >= 11 is 1.59. The number of aromatic nitrogens is 4. The molecule has 0 spiro atoms. The van der Waals surface area contributed by atoms with Crippen LogP contribution in [-0.4, -0.2) is 33.1 Å². The van der Waals surface area contributed by atoms with Gasteiger partial charge < -0.3 is 4.74 Å². The molecule has 1 aromatic carbocycles. The summed E-state index contributed by atoms with van der Waals surface area (Å²) in [6.45, 7) is 1.57. The van der Waals surface area contributed by atoms with Crippen molar-refractivity contribution in [2.75, 3.05) is 7.11 Å². The number of carbonyl (C=O) groups excluding carboxylic acids is 1. The first-order chi connectivity index (χ1) is 11.7. The number of rotatable bonds is 6. The summed E-state index contributed by atoms with van der Waals surface area (Å²) in [6, 6.07) is 5.93. The number of ketones is 1. The van der Waals surface area contributed by atoms with Crippen LogP contribution in [0.25, 0.3) is 0 Å². The summed E-state index contributed by atoms with van der Waals surface area (Å²) in [4.78, 5) is 11.6. The molecule has 0 radical (unpaired) electrons. The molecular weight excluding hydrogens is 324 g/mol. The highest BCUT2D eigenvalue weighted by molar-refractivity contribution is 7.98. The van der Waals surface area contributed by atoms with Crippen LogP contribution < -0.4 is 4.74 Å². The maximum absolute atomic E-state index is 11.6. The molecule has 1 aromatic heterocycles. The Morgan fingerprint density at radius 2 is 2.12 bits per heavy atom. The maximum atomic E-state index is 11.6. The molecule has 0 saturated heterocycles. The molecule has 0 unspecified atom stereocenters. The van der Waals surface area contributed by atoms with Gasteiger partial charge in [-0.15, -0.1) is 5.10 Å². The van der Waals surface area contributed by atoms with E-state index in [0.717, 1.165) is 29.3 Å².